The molecule has 0 saturated carbocycles. The molecule has 22 heavy (non-hydrogen) atoms. The molecule has 1 aromatic heterocycles. The number of hydrogen-bond donors (Lipinski definition) is 1. The number of piperidine rings is 1. The van der Waals surface area contributed by atoms with Crippen molar-refractivity contribution in [2.24, 2.45) is 0 Å². The zero-order valence-electron chi connectivity index (χ0n) is 13.0. The van der Waals surface area contributed by atoms with Gasteiger partial charge in [-0.3, -0.25) is 0 Å². The average Bonchev–Trinajstić information content (AvgIpc) is 3.05. The number of morpholine rings is 1. The number of rotatable bonds is 3. The highest BCUT2D eigenvalue weighted by molar-refractivity contribution is 7.09. The van der Waals surface area contributed by atoms with Crippen molar-refractivity contribution in [2.75, 3.05) is 44.3 Å². The van der Waals surface area contributed by atoms with Gasteiger partial charge in [0.25, 0.3) is 0 Å². The number of aromatic nitrogens is 2. The Morgan fingerprint density at radius 3 is 2.68 bits per heavy atom. The Kier molecular flexibility index (Phi) is 5.09. The quantitative estimate of drug-likeness (QED) is 0.901. The van der Waals surface area contributed by atoms with E-state index >= 15 is 0 Å². The minimum Gasteiger partial charge on any atom is -0.378 e. The molecule has 2 saturated heterocycles. The van der Waals surface area contributed by atoms with Crippen LogP contribution in [0.3, 0.4) is 0 Å². The normalized spacial score (nSPS) is 20.2. The lowest BCUT2D eigenvalue weighted by Gasteiger charge is -2.34. The second-order valence-corrected chi connectivity index (χ2v) is 6.39. The highest BCUT2D eigenvalue weighted by Crippen LogP contribution is 2.22. The summed E-state index contributed by atoms with van der Waals surface area (Å²) in [6, 6.07) is 0.302. The molecule has 3 heterocycles. The van der Waals surface area contributed by atoms with Gasteiger partial charge in [0.2, 0.25) is 5.13 Å². The van der Waals surface area contributed by atoms with Gasteiger partial charge in [0.05, 0.1) is 13.2 Å². The number of nitrogens with zero attached hydrogens (tertiary/aromatic N) is 4. The van der Waals surface area contributed by atoms with Crippen LogP contribution in [0.25, 0.3) is 0 Å². The molecule has 1 aromatic rings. The largest absolute Gasteiger partial charge is 0.378 e. The molecule has 1 N–H and O–H groups in total. The number of ether oxygens (including phenoxy) is 1. The van der Waals surface area contributed by atoms with E-state index in [-0.39, 0.29) is 12.1 Å². The number of nitrogens with one attached hydrogen (secondary N) is 1. The fourth-order valence-electron chi connectivity index (χ4n) is 2.76. The lowest BCUT2D eigenvalue weighted by molar-refractivity contribution is 0.0523. The van der Waals surface area contributed by atoms with Gasteiger partial charge in [-0.15, -0.1) is 0 Å². The number of hydrogen-bond acceptors (Lipinski definition) is 6. The van der Waals surface area contributed by atoms with Crippen LogP contribution in [-0.4, -0.2) is 65.7 Å². The van der Waals surface area contributed by atoms with Crippen LogP contribution in [0.2, 0.25) is 0 Å². The summed E-state index contributed by atoms with van der Waals surface area (Å²) in [6.45, 7) is 6.58. The van der Waals surface area contributed by atoms with E-state index in [0.29, 0.717) is 26.3 Å². The van der Waals surface area contributed by atoms with E-state index in [1.54, 1.807) is 0 Å². The lowest BCUT2D eigenvalue weighted by atomic mass is 10.1. The minimum absolute atomic E-state index is 0.0472. The van der Waals surface area contributed by atoms with Gasteiger partial charge in [0.15, 0.2) is 0 Å². The molecule has 2 amide bonds. The predicted octanol–water partition coefficient (Wildman–Crippen LogP) is 1.11. The standard InChI is InChI=1S/C14H23N5O2S/c1-2-12-16-14(22-17-12)19-5-3-11(4-6-19)15-13(20)18-7-9-21-10-8-18/h11H,2-10H2,1H3,(H,15,20). The molecule has 2 aliphatic rings. The molecule has 2 aliphatic heterocycles. The summed E-state index contributed by atoms with van der Waals surface area (Å²) in [7, 11) is 0. The smallest absolute Gasteiger partial charge is 0.317 e. The number of carbonyl (C=O) groups excluding carboxylic acids is 1. The minimum atomic E-state index is 0.0472. The van der Waals surface area contributed by atoms with Crippen molar-refractivity contribution in [1.82, 2.24) is 19.6 Å². The Morgan fingerprint density at radius 2 is 2.05 bits per heavy atom. The Balaban J connectivity index is 1.46. The van der Waals surface area contributed by atoms with Gasteiger partial charge in [-0.25, -0.2) is 9.78 Å². The summed E-state index contributed by atoms with van der Waals surface area (Å²) >= 11 is 1.47. The Labute approximate surface area is 134 Å². The summed E-state index contributed by atoms with van der Waals surface area (Å²) in [6.07, 6.45) is 2.79. The molecule has 0 atom stereocenters. The van der Waals surface area contributed by atoms with Crippen molar-refractivity contribution in [3.05, 3.63) is 5.82 Å². The number of anilines is 1. The van der Waals surface area contributed by atoms with Gasteiger partial charge in [-0.05, 0) is 12.8 Å². The zero-order valence-corrected chi connectivity index (χ0v) is 13.8. The molecule has 3 rings (SSSR count). The van der Waals surface area contributed by atoms with Crippen LogP contribution in [-0.2, 0) is 11.2 Å². The predicted molar refractivity (Wildman–Crippen MR) is 85.4 cm³/mol. The summed E-state index contributed by atoms with van der Waals surface area (Å²) in [5, 5.41) is 4.16. The lowest BCUT2D eigenvalue weighted by Crippen LogP contribution is -2.51. The van der Waals surface area contributed by atoms with E-state index in [1.165, 1.54) is 11.5 Å². The molecule has 8 heteroatoms. The topological polar surface area (TPSA) is 70.6 Å². The van der Waals surface area contributed by atoms with Crippen molar-refractivity contribution < 1.29 is 9.53 Å². The second kappa shape index (κ2) is 7.23. The van der Waals surface area contributed by atoms with Crippen LogP contribution in [0.15, 0.2) is 0 Å². The third-order valence-electron chi connectivity index (χ3n) is 4.16. The number of urea groups is 1. The first-order chi connectivity index (χ1) is 10.8. The molecule has 2 fully saturated rings. The summed E-state index contributed by atoms with van der Waals surface area (Å²) in [5.41, 5.74) is 0. The third-order valence-corrected chi connectivity index (χ3v) is 4.98. The molecule has 0 radical (unpaired) electrons. The van der Waals surface area contributed by atoms with Gasteiger partial charge in [0, 0.05) is 50.2 Å². The second-order valence-electron chi connectivity index (χ2n) is 5.66. The van der Waals surface area contributed by atoms with Crippen molar-refractivity contribution in [2.45, 2.75) is 32.2 Å². The summed E-state index contributed by atoms with van der Waals surface area (Å²) in [4.78, 5) is 20.8. The Bertz CT molecular complexity index is 495. The van der Waals surface area contributed by atoms with Gasteiger partial charge >= 0.3 is 6.03 Å². The maximum Gasteiger partial charge on any atom is 0.317 e. The van der Waals surface area contributed by atoms with Crippen LogP contribution in [0, 0.1) is 0 Å². The van der Waals surface area contributed by atoms with Gasteiger partial charge < -0.3 is 19.9 Å². The van der Waals surface area contributed by atoms with E-state index in [2.05, 4.69) is 26.5 Å². The maximum absolute atomic E-state index is 12.2. The highest BCUT2D eigenvalue weighted by atomic mass is 32.1. The third kappa shape index (κ3) is 3.67. The monoisotopic (exact) mass is 325 g/mol. The molecule has 0 bridgehead atoms. The first kappa shape index (κ1) is 15.5. The van der Waals surface area contributed by atoms with Crippen LogP contribution >= 0.6 is 11.5 Å². The van der Waals surface area contributed by atoms with Crippen LogP contribution < -0.4 is 10.2 Å². The Morgan fingerprint density at radius 1 is 1.32 bits per heavy atom. The van der Waals surface area contributed by atoms with Gasteiger partial charge in [0.1, 0.15) is 5.82 Å². The Hall–Kier alpha value is -1.41. The van der Waals surface area contributed by atoms with E-state index in [4.69, 9.17) is 4.74 Å². The molecular formula is C14H23N5O2S. The number of aryl methyl sites for hydroxylation is 1. The summed E-state index contributed by atoms with van der Waals surface area (Å²) < 4.78 is 9.61. The van der Waals surface area contributed by atoms with E-state index in [9.17, 15) is 4.79 Å². The molecule has 0 spiro atoms. The van der Waals surface area contributed by atoms with Gasteiger partial charge in [-0.1, -0.05) is 6.92 Å². The van der Waals surface area contributed by atoms with E-state index < -0.39 is 0 Å². The number of carbonyl (C=O) groups is 1. The number of amides is 2. The highest BCUT2D eigenvalue weighted by Gasteiger charge is 2.25. The average molecular weight is 325 g/mol. The molecular weight excluding hydrogens is 302 g/mol. The maximum atomic E-state index is 12.2. The fourth-order valence-corrected chi connectivity index (χ4v) is 3.57. The van der Waals surface area contributed by atoms with Crippen molar-refractivity contribution >= 4 is 22.7 Å². The van der Waals surface area contributed by atoms with Crippen molar-refractivity contribution in [1.29, 1.82) is 0 Å². The van der Waals surface area contributed by atoms with Crippen LogP contribution in [0.4, 0.5) is 9.93 Å². The molecule has 0 aromatic carbocycles. The SMILES string of the molecule is CCc1nsc(N2CCC(NC(=O)N3CCOCC3)CC2)n1. The molecule has 7 nitrogen and oxygen atoms in total. The van der Waals surface area contributed by atoms with Crippen molar-refractivity contribution in [3.8, 4) is 0 Å². The van der Waals surface area contributed by atoms with Crippen LogP contribution in [0.1, 0.15) is 25.6 Å². The van der Waals surface area contributed by atoms with Crippen molar-refractivity contribution in [3.63, 3.8) is 0 Å². The molecule has 0 aliphatic carbocycles. The van der Waals surface area contributed by atoms with E-state index in [0.717, 1.165) is 43.3 Å². The first-order valence-corrected chi connectivity index (χ1v) is 8.74. The zero-order chi connectivity index (χ0) is 15.4. The van der Waals surface area contributed by atoms with Crippen LogP contribution in [0.5, 0.6) is 0 Å². The van der Waals surface area contributed by atoms with E-state index in [1.807, 2.05) is 4.90 Å². The first-order valence-electron chi connectivity index (χ1n) is 7.97. The summed E-state index contributed by atoms with van der Waals surface area (Å²) in [5.74, 6) is 0.919. The fraction of sp³-hybridized carbons (Fsp3) is 0.786. The van der Waals surface area contributed by atoms with Gasteiger partial charge in [-0.2, -0.15) is 4.37 Å². The molecule has 0 unspecified atom stereocenters. The molecule has 122 valence electrons.